The Balaban J connectivity index is 5.07. The fourth-order valence-corrected chi connectivity index (χ4v) is 0.950. The minimum Gasteiger partial charge on any atom is -0.478 e. The van der Waals surface area contributed by atoms with Crippen molar-refractivity contribution in [2.24, 2.45) is 5.92 Å². The molecule has 1 unspecified atom stereocenters. The Kier molecular flexibility index (Phi) is 4.99. The van der Waals surface area contributed by atoms with Gasteiger partial charge in [-0.1, -0.05) is 18.2 Å². The van der Waals surface area contributed by atoms with E-state index >= 15 is 0 Å². The molecule has 0 saturated heterocycles. The summed E-state index contributed by atoms with van der Waals surface area (Å²) in [7, 11) is 0. The van der Waals surface area contributed by atoms with E-state index in [0.29, 0.717) is 6.08 Å². The molecule has 0 bridgehead atoms. The SMILES string of the molecule is C=CC(C=CC)/C(=C/C(=O)O)C(=O)O. The summed E-state index contributed by atoms with van der Waals surface area (Å²) in [4.78, 5) is 21.0. The van der Waals surface area contributed by atoms with Gasteiger partial charge in [0, 0.05) is 12.0 Å². The summed E-state index contributed by atoms with van der Waals surface area (Å²) in [5, 5.41) is 17.2. The van der Waals surface area contributed by atoms with Crippen molar-refractivity contribution in [3.8, 4) is 0 Å². The van der Waals surface area contributed by atoms with Gasteiger partial charge in [-0.3, -0.25) is 0 Å². The molecule has 0 rings (SSSR count). The molecule has 0 saturated carbocycles. The highest BCUT2D eigenvalue weighted by Gasteiger charge is 2.16. The number of carboxylic acid groups (broad SMARTS) is 2. The second kappa shape index (κ2) is 5.75. The molecule has 0 aromatic carbocycles. The van der Waals surface area contributed by atoms with Gasteiger partial charge in [0.15, 0.2) is 0 Å². The summed E-state index contributed by atoms with van der Waals surface area (Å²) >= 11 is 0. The van der Waals surface area contributed by atoms with E-state index in [0.717, 1.165) is 0 Å². The highest BCUT2D eigenvalue weighted by molar-refractivity contribution is 5.95. The van der Waals surface area contributed by atoms with Crippen LogP contribution in [0.25, 0.3) is 0 Å². The second-order valence-corrected chi connectivity index (χ2v) is 2.53. The fraction of sp³-hybridized carbons (Fsp3) is 0.200. The van der Waals surface area contributed by atoms with Crippen molar-refractivity contribution in [1.82, 2.24) is 0 Å². The van der Waals surface area contributed by atoms with Gasteiger partial charge in [-0.15, -0.1) is 6.58 Å². The molecule has 1 atom stereocenters. The van der Waals surface area contributed by atoms with Crippen molar-refractivity contribution in [2.45, 2.75) is 6.92 Å². The molecule has 0 heterocycles. The number of allylic oxidation sites excluding steroid dienone is 3. The molecule has 4 nitrogen and oxygen atoms in total. The summed E-state index contributed by atoms with van der Waals surface area (Å²) in [6, 6.07) is 0. The van der Waals surface area contributed by atoms with Crippen LogP contribution < -0.4 is 0 Å². The van der Waals surface area contributed by atoms with E-state index in [-0.39, 0.29) is 5.57 Å². The van der Waals surface area contributed by atoms with Crippen LogP contribution in [0.2, 0.25) is 0 Å². The molecule has 2 N–H and O–H groups in total. The van der Waals surface area contributed by atoms with Crippen molar-refractivity contribution in [3.05, 3.63) is 36.5 Å². The number of hydrogen-bond donors (Lipinski definition) is 2. The second-order valence-electron chi connectivity index (χ2n) is 2.53. The normalized spacial score (nSPS) is 13.9. The maximum atomic E-state index is 10.7. The summed E-state index contributed by atoms with van der Waals surface area (Å²) < 4.78 is 0. The van der Waals surface area contributed by atoms with Crippen LogP contribution in [0, 0.1) is 5.92 Å². The Labute approximate surface area is 81.9 Å². The molecular formula is C10H12O4. The van der Waals surface area contributed by atoms with E-state index in [2.05, 4.69) is 6.58 Å². The molecule has 0 spiro atoms. The Hall–Kier alpha value is -1.84. The highest BCUT2D eigenvalue weighted by Crippen LogP contribution is 2.14. The van der Waals surface area contributed by atoms with Crippen molar-refractivity contribution >= 4 is 11.9 Å². The molecule has 0 radical (unpaired) electrons. The van der Waals surface area contributed by atoms with Crippen LogP contribution in [0.3, 0.4) is 0 Å². The monoisotopic (exact) mass is 196 g/mol. The Bertz CT molecular complexity index is 299. The van der Waals surface area contributed by atoms with Gasteiger partial charge in [-0.2, -0.15) is 0 Å². The highest BCUT2D eigenvalue weighted by atomic mass is 16.4. The number of rotatable bonds is 5. The molecule has 0 aromatic heterocycles. The molecule has 14 heavy (non-hydrogen) atoms. The molecule has 4 heteroatoms. The van der Waals surface area contributed by atoms with Crippen molar-refractivity contribution in [3.63, 3.8) is 0 Å². The summed E-state index contributed by atoms with van der Waals surface area (Å²) in [6.45, 7) is 5.16. The Morgan fingerprint density at radius 3 is 2.21 bits per heavy atom. The third-order valence-corrected chi connectivity index (χ3v) is 1.54. The lowest BCUT2D eigenvalue weighted by Gasteiger charge is -2.06. The first-order valence-electron chi connectivity index (χ1n) is 3.96. The first-order valence-corrected chi connectivity index (χ1v) is 3.96. The van der Waals surface area contributed by atoms with E-state index in [1.54, 1.807) is 19.1 Å². The van der Waals surface area contributed by atoms with Gasteiger partial charge in [0.05, 0.1) is 5.57 Å². The molecule has 0 amide bonds. The van der Waals surface area contributed by atoms with Gasteiger partial charge < -0.3 is 10.2 Å². The molecule has 76 valence electrons. The molecule has 0 aliphatic heterocycles. The van der Waals surface area contributed by atoms with Gasteiger partial charge in [0.2, 0.25) is 0 Å². The number of carbonyl (C=O) groups is 2. The largest absolute Gasteiger partial charge is 0.478 e. The van der Waals surface area contributed by atoms with Gasteiger partial charge >= 0.3 is 11.9 Å². The lowest BCUT2D eigenvalue weighted by atomic mass is 9.98. The van der Waals surface area contributed by atoms with E-state index in [4.69, 9.17) is 10.2 Å². The van der Waals surface area contributed by atoms with Gasteiger partial charge in [0.25, 0.3) is 0 Å². The zero-order valence-corrected chi connectivity index (χ0v) is 7.80. The molecular weight excluding hydrogens is 184 g/mol. The summed E-state index contributed by atoms with van der Waals surface area (Å²) in [5.41, 5.74) is -0.203. The minimum absolute atomic E-state index is 0.203. The van der Waals surface area contributed by atoms with E-state index in [1.807, 2.05) is 0 Å². The molecule has 0 aliphatic rings. The number of aliphatic carboxylic acids is 2. The first-order chi connectivity index (χ1) is 6.52. The van der Waals surface area contributed by atoms with Crippen LogP contribution in [-0.2, 0) is 9.59 Å². The van der Waals surface area contributed by atoms with Crippen LogP contribution in [0.5, 0.6) is 0 Å². The Morgan fingerprint density at radius 2 is 1.93 bits per heavy atom. The molecule has 0 aromatic rings. The maximum absolute atomic E-state index is 10.7. The van der Waals surface area contributed by atoms with Crippen LogP contribution in [-0.4, -0.2) is 22.2 Å². The third-order valence-electron chi connectivity index (χ3n) is 1.54. The average molecular weight is 196 g/mol. The molecule has 0 fully saturated rings. The van der Waals surface area contributed by atoms with E-state index in [1.165, 1.54) is 6.08 Å². The van der Waals surface area contributed by atoms with Crippen LogP contribution >= 0.6 is 0 Å². The predicted molar refractivity (Wildman–Crippen MR) is 51.9 cm³/mol. The smallest absolute Gasteiger partial charge is 0.332 e. The zero-order chi connectivity index (χ0) is 11.1. The molecule has 0 aliphatic carbocycles. The van der Waals surface area contributed by atoms with Crippen LogP contribution in [0.1, 0.15) is 6.92 Å². The number of hydrogen-bond acceptors (Lipinski definition) is 2. The summed E-state index contributed by atoms with van der Waals surface area (Å²) in [5.74, 6) is -3.11. The van der Waals surface area contributed by atoms with Crippen LogP contribution in [0.15, 0.2) is 36.5 Å². The van der Waals surface area contributed by atoms with Crippen LogP contribution in [0.4, 0.5) is 0 Å². The Morgan fingerprint density at radius 1 is 1.36 bits per heavy atom. The van der Waals surface area contributed by atoms with Crippen molar-refractivity contribution in [2.75, 3.05) is 0 Å². The van der Waals surface area contributed by atoms with E-state index < -0.39 is 17.9 Å². The van der Waals surface area contributed by atoms with Gasteiger partial charge in [-0.05, 0) is 6.92 Å². The predicted octanol–water partition coefficient (Wildman–Crippen LogP) is 1.46. The zero-order valence-electron chi connectivity index (χ0n) is 7.80. The average Bonchev–Trinajstić information content (AvgIpc) is 2.10. The van der Waals surface area contributed by atoms with Crippen molar-refractivity contribution in [1.29, 1.82) is 0 Å². The lowest BCUT2D eigenvalue weighted by Crippen LogP contribution is -2.11. The minimum atomic E-state index is -1.28. The number of carboxylic acids is 2. The van der Waals surface area contributed by atoms with Crippen molar-refractivity contribution < 1.29 is 19.8 Å². The first kappa shape index (κ1) is 12.2. The standard InChI is InChI=1S/C10H12O4/c1-3-5-7(4-2)8(10(13)14)6-9(11)12/h3-7H,2H2,1H3,(H,11,12)(H,13,14)/b5-3?,8-6-. The summed E-state index contributed by atoms with van der Waals surface area (Å²) in [6.07, 6.45) is 5.26. The fourth-order valence-electron chi connectivity index (χ4n) is 0.950. The maximum Gasteiger partial charge on any atom is 0.332 e. The topological polar surface area (TPSA) is 74.6 Å². The third kappa shape index (κ3) is 3.71. The lowest BCUT2D eigenvalue weighted by molar-refractivity contribution is -0.135. The van der Waals surface area contributed by atoms with Gasteiger partial charge in [-0.25, -0.2) is 9.59 Å². The van der Waals surface area contributed by atoms with E-state index in [9.17, 15) is 9.59 Å². The van der Waals surface area contributed by atoms with Gasteiger partial charge in [0.1, 0.15) is 0 Å². The quantitative estimate of drug-likeness (QED) is 0.515.